The van der Waals surface area contributed by atoms with Gasteiger partial charge < -0.3 is 10.2 Å². The number of para-hydroxylation sites is 1. The van der Waals surface area contributed by atoms with Crippen LogP contribution in [-0.2, 0) is 6.54 Å². The molecule has 1 atom stereocenters. The van der Waals surface area contributed by atoms with Gasteiger partial charge >= 0.3 is 0 Å². The van der Waals surface area contributed by atoms with E-state index >= 15 is 0 Å². The second-order valence-electron chi connectivity index (χ2n) is 6.19. The zero-order chi connectivity index (χ0) is 13.7. The average molecular weight is 260 g/mol. The zero-order valence-electron chi connectivity index (χ0n) is 12.7. The van der Waals surface area contributed by atoms with E-state index in [2.05, 4.69) is 55.3 Å². The topological polar surface area (TPSA) is 15.3 Å². The van der Waals surface area contributed by atoms with Crippen molar-refractivity contribution >= 4 is 5.69 Å². The minimum Gasteiger partial charge on any atom is -0.369 e. The van der Waals surface area contributed by atoms with Crippen LogP contribution in [0.3, 0.4) is 0 Å². The van der Waals surface area contributed by atoms with Crippen molar-refractivity contribution in [3.8, 4) is 0 Å². The molecule has 1 N–H and O–H groups in total. The van der Waals surface area contributed by atoms with Crippen molar-refractivity contribution in [2.24, 2.45) is 5.92 Å². The molecule has 0 radical (unpaired) electrons. The lowest BCUT2D eigenvalue weighted by Crippen LogP contribution is -2.38. The molecule has 2 nitrogen and oxygen atoms in total. The maximum absolute atomic E-state index is 3.57. The first kappa shape index (κ1) is 14.4. The lowest BCUT2D eigenvalue weighted by Gasteiger charge is -2.36. The Balaban J connectivity index is 2.06. The molecule has 1 aromatic rings. The summed E-state index contributed by atoms with van der Waals surface area (Å²) in [6, 6.07) is 9.56. The van der Waals surface area contributed by atoms with Crippen molar-refractivity contribution in [3.05, 3.63) is 29.8 Å². The number of benzene rings is 1. The first-order valence-electron chi connectivity index (χ1n) is 7.73. The highest BCUT2D eigenvalue weighted by Crippen LogP contribution is 2.27. The highest BCUT2D eigenvalue weighted by Gasteiger charge is 2.20. The molecular weight excluding hydrogens is 232 g/mol. The molecule has 0 saturated carbocycles. The summed E-state index contributed by atoms with van der Waals surface area (Å²) in [7, 11) is 0. The van der Waals surface area contributed by atoms with Gasteiger partial charge in [0.05, 0.1) is 0 Å². The fourth-order valence-electron chi connectivity index (χ4n) is 2.89. The standard InChI is InChI=1S/C17H28N2/c1-14(2)12-18-13-16-9-4-5-10-17(16)19-11-7-6-8-15(19)3/h4-5,9-10,14-15,18H,6-8,11-13H2,1-3H3. The number of nitrogens with one attached hydrogen (secondary N) is 1. The minimum atomic E-state index is 0.681. The van der Waals surface area contributed by atoms with Gasteiger partial charge in [-0.05, 0) is 50.3 Å². The van der Waals surface area contributed by atoms with Crippen LogP contribution in [0.15, 0.2) is 24.3 Å². The average Bonchev–Trinajstić information content (AvgIpc) is 2.40. The Morgan fingerprint density at radius 3 is 2.79 bits per heavy atom. The summed E-state index contributed by atoms with van der Waals surface area (Å²) in [5.74, 6) is 0.709. The van der Waals surface area contributed by atoms with Gasteiger partial charge in [0.2, 0.25) is 0 Å². The Bertz CT molecular complexity index is 387. The van der Waals surface area contributed by atoms with Gasteiger partial charge in [0, 0.05) is 24.8 Å². The van der Waals surface area contributed by atoms with Crippen LogP contribution in [0.25, 0.3) is 0 Å². The first-order chi connectivity index (χ1) is 9.18. The molecule has 0 spiro atoms. The van der Waals surface area contributed by atoms with Crippen LogP contribution in [-0.4, -0.2) is 19.1 Å². The van der Waals surface area contributed by atoms with Crippen molar-refractivity contribution in [1.82, 2.24) is 5.32 Å². The van der Waals surface area contributed by atoms with E-state index < -0.39 is 0 Å². The molecule has 0 bridgehead atoms. The smallest absolute Gasteiger partial charge is 0.0414 e. The maximum Gasteiger partial charge on any atom is 0.0414 e. The Labute approximate surface area is 118 Å². The van der Waals surface area contributed by atoms with Gasteiger partial charge in [-0.15, -0.1) is 0 Å². The predicted molar refractivity (Wildman–Crippen MR) is 83.6 cm³/mol. The molecule has 106 valence electrons. The van der Waals surface area contributed by atoms with Gasteiger partial charge in [0.1, 0.15) is 0 Å². The Morgan fingerprint density at radius 2 is 2.05 bits per heavy atom. The summed E-state index contributed by atoms with van der Waals surface area (Å²) in [6.07, 6.45) is 4.04. The van der Waals surface area contributed by atoms with E-state index in [0.29, 0.717) is 12.0 Å². The highest BCUT2D eigenvalue weighted by molar-refractivity contribution is 5.54. The molecule has 1 aliphatic rings. The van der Waals surface area contributed by atoms with Crippen LogP contribution in [0.1, 0.15) is 45.6 Å². The zero-order valence-corrected chi connectivity index (χ0v) is 12.7. The quantitative estimate of drug-likeness (QED) is 0.866. The van der Waals surface area contributed by atoms with Crippen LogP contribution in [0.4, 0.5) is 5.69 Å². The Morgan fingerprint density at radius 1 is 1.26 bits per heavy atom. The monoisotopic (exact) mass is 260 g/mol. The van der Waals surface area contributed by atoms with Crippen molar-refractivity contribution in [2.75, 3.05) is 18.0 Å². The summed E-state index contributed by atoms with van der Waals surface area (Å²) in [5, 5.41) is 3.57. The lowest BCUT2D eigenvalue weighted by molar-refractivity contribution is 0.482. The highest BCUT2D eigenvalue weighted by atomic mass is 15.2. The molecule has 1 aliphatic heterocycles. The molecule has 19 heavy (non-hydrogen) atoms. The Kier molecular flexibility index (Phi) is 5.26. The molecule has 1 aromatic carbocycles. The van der Waals surface area contributed by atoms with E-state index in [4.69, 9.17) is 0 Å². The fourth-order valence-corrected chi connectivity index (χ4v) is 2.89. The Hall–Kier alpha value is -1.02. The number of nitrogens with zero attached hydrogens (tertiary/aromatic N) is 1. The van der Waals surface area contributed by atoms with Crippen LogP contribution in [0.5, 0.6) is 0 Å². The second kappa shape index (κ2) is 6.95. The van der Waals surface area contributed by atoms with Gasteiger partial charge in [-0.25, -0.2) is 0 Å². The first-order valence-corrected chi connectivity index (χ1v) is 7.73. The van der Waals surface area contributed by atoms with E-state index in [0.717, 1.165) is 13.1 Å². The SMILES string of the molecule is CC(C)CNCc1ccccc1N1CCCCC1C. The molecule has 1 unspecified atom stereocenters. The summed E-state index contributed by atoms with van der Waals surface area (Å²) in [5.41, 5.74) is 2.88. The molecule has 0 aromatic heterocycles. The number of rotatable bonds is 5. The third-order valence-corrected chi connectivity index (χ3v) is 3.97. The molecule has 2 heteroatoms. The summed E-state index contributed by atoms with van der Waals surface area (Å²) < 4.78 is 0. The summed E-state index contributed by atoms with van der Waals surface area (Å²) >= 11 is 0. The molecule has 1 fully saturated rings. The van der Waals surface area contributed by atoms with E-state index in [-0.39, 0.29) is 0 Å². The van der Waals surface area contributed by atoms with Crippen molar-refractivity contribution in [1.29, 1.82) is 0 Å². The van der Waals surface area contributed by atoms with Crippen molar-refractivity contribution < 1.29 is 0 Å². The lowest BCUT2D eigenvalue weighted by atomic mass is 10.0. The minimum absolute atomic E-state index is 0.681. The summed E-state index contributed by atoms with van der Waals surface area (Å²) in [6.45, 7) is 10.2. The number of piperidine rings is 1. The second-order valence-corrected chi connectivity index (χ2v) is 6.19. The van der Waals surface area contributed by atoms with Crippen molar-refractivity contribution in [2.45, 2.75) is 52.6 Å². The van der Waals surface area contributed by atoms with Crippen LogP contribution in [0, 0.1) is 5.92 Å². The van der Waals surface area contributed by atoms with Gasteiger partial charge in [0.15, 0.2) is 0 Å². The van der Waals surface area contributed by atoms with Gasteiger partial charge in [-0.2, -0.15) is 0 Å². The van der Waals surface area contributed by atoms with E-state index in [1.165, 1.54) is 37.1 Å². The van der Waals surface area contributed by atoms with Gasteiger partial charge in [-0.3, -0.25) is 0 Å². The maximum atomic E-state index is 3.57. The number of anilines is 1. The van der Waals surface area contributed by atoms with Crippen LogP contribution in [0.2, 0.25) is 0 Å². The molecule has 1 saturated heterocycles. The van der Waals surface area contributed by atoms with E-state index in [1.54, 1.807) is 0 Å². The fraction of sp³-hybridized carbons (Fsp3) is 0.647. The van der Waals surface area contributed by atoms with Crippen molar-refractivity contribution in [3.63, 3.8) is 0 Å². The molecular formula is C17H28N2. The third kappa shape index (κ3) is 3.97. The largest absolute Gasteiger partial charge is 0.369 e. The third-order valence-electron chi connectivity index (χ3n) is 3.97. The molecule has 0 amide bonds. The summed E-state index contributed by atoms with van der Waals surface area (Å²) in [4.78, 5) is 2.59. The van der Waals surface area contributed by atoms with E-state index in [1.807, 2.05) is 0 Å². The normalized spacial score (nSPS) is 20.0. The predicted octanol–water partition coefficient (Wildman–Crippen LogP) is 3.81. The number of hydrogen-bond acceptors (Lipinski definition) is 2. The van der Waals surface area contributed by atoms with Gasteiger partial charge in [0.25, 0.3) is 0 Å². The molecule has 0 aliphatic carbocycles. The van der Waals surface area contributed by atoms with Crippen LogP contribution >= 0.6 is 0 Å². The molecule has 1 heterocycles. The van der Waals surface area contributed by atoms with Gasteiger partial charge in [-0.1, -0.05) is 32.0 Å². The molecule has 2 rings (SSSR count). The van der Waals surface area contributed by atoms with Crippen LogP contribution < -0.4 is 10.2 Å². The number of hydrogen-bond donors (Lipinski definition) is 1. The van der Waals surface area contributed by atoms with E-state index in [9.17, 15) is 0 Å².